The van der Waals surface area contributed by atoms with Crippen molar-refractivity contribution < 1.29 is 13.2 Å². The summed E-state index contributed by atoms with van der Waals surface area (Å²) in [4.78, 5) is 31.4. The fourth-order valence-corrected chi connectivity index (χ4v) is 4.98. The number of rotatable bonds is 5. The number of fused-ring (bicyclic) bond motifs is 1. The summed E-state index contributed by atoms with van der Waals surface area (Å²) in [6, 6.07) is 5.05. The van der Waals surface area contributed by atoms with Gasteiger partial charge in [-0.2, -0.15) is 4.31 Å². The van der Waals surface area contributed by atoms with Gasteiger partial charge in [-0.3, -0.25) is 14.0 Å². The molecule has 0 spiro atoms. The zero-order valence-electron chi connectivity index (χ0n) is 18.3. The summed E-state index contributed by atoms with van der Waals surface area (Å²) >= 11 is 6.60. The van der Waals surface area contributed by atoms with Gasteiger partial charge < -0.3 is 9.47 Å². The van der Waals surface area contributed by atoms with Crippen LogP contribution in [0.15, 0.2) is 53.9 Å². The smallest absolute Gasteiger partial charge is 0.276 e. The Labute approximate surface area is 196 Å². The van der Waals surface area contributed by atoms with Gasteiger partial charge in [0.1, 0.15) is 5.52 Å². The number of nitrogens with zero attached hydrogens (tertiary/aromatic N) is 5. The quantitative estimate of drug-likeness (QED) is 0.511. The van der Waals surface area contributed by atoms with Crippen LogP contribution in [0.1, 0.15) is 17.3 Å². The van der Waals surface area contributed by atoms with Crippen LogP contribution >= 0.6 is 11.6 Å². The van der Waals surface area contributed by atoms with Crippen LogP contribution < -0.4 is 5.56 Å². The summed E-state index contributed by atoms with van der Waals surface area (Å²) in [6.07, 6.45) is 9.72. The van der Waals surface area contributed by atoms with Gasteiger partial charge in [-0.15, -0.1) is 0 Å². The molecular formula is C22H24ClN5O4S. The van der Waals surface area contributed by atoms with Crippen LogP contribution in [0.4, 0.5) is 0 Å². The van der Waals surface area contributed by atoms with Crippen LogP contribution in [0.2, 0.25) is 5.02 Å². The molecule has 3 heterocycles. The molecule has 3 aromatic rings. The first kappa shape index (κ1) is 23.2. The van der Waals surface area contributed by atoms with Gasteiger partial charge in [0.2, 0.25) is 10.0 Å². The van der Waals surface area contributed by atoms with Gasteiger partial charge in [-0.25, -0.2) is 13.4 Å². The normalized spacial score (nSPS) is 15.5. The molecule has 0 unspecified atom stereocenters. The highest BCUT2D eigenvalue weighted by Crippen LogP contribution is 2.29. The Hall–Kier alpha value is -2.95. The number of hydrogen-bond acceptors (Lipinski definition) is 5. The maximum atomic E-state index is 13.0. The van der Waals surface area contributed by atoms with Gasteiger partial charge in [0.15, 0.2) is 0 Å². The Bertz CT molecular complexity index is 1400. The summed E-state index contributed by atoms with van der Waals surface area (Å²) in [5.41, 5.74) is 2.02. The number of imidazole rings is 1. The van der Waals surface area contributed by atoms with E-state index in [9.17, 15) is 18.0 Å². The molecule has 0 bridgehead atoms. The molecule has 1 aliphatic rings. The lowest BCUT2D eigenvalue weighted by Crippen LogP contribution is -2.50. The summed E-state index contributed by atoms with van der Waals surface area (Å²) in [5.74, 6) is -0.206. The van der Waals surface area contributed by atoms with Crippen molar-refractivity contribution in [3.63, 3.8) is 0 Å². The van der Waals surface area contributed by atoms with Gasteiger partial charge in [0.25, 0.3) is 11.5 Å². The van der Waals surface area contributed by atoms with Gasteiger partial charge in [-0.05, 0) is 19.1 Å². The van der Waals surface area contributed by atoms with E-state index >= 15 is 0 Å². The van der Waals surface area contributed by atoms with Crippen molar-refractivity contribution in [1.82, 2.24) is 23.2 Å². The summed E-state index contributed by atoms with van der Waals surface area (Å²) in [7, 11) is -3.27. The minimum Gasteiger partial charge on any atom is -0.336 e. The van der Waals surface area contributed by atoms with Gasteiger partial charge in [-0.1, -0.05) is 29.8 Å². The number of halogens is 1. The molecule has 2 aromatic heterocycles. The number of carbonyl (C=O) groups is 1. The van der Waals surface area contributed by atoms with E-state index in [1.54, 1.807) is 44.6 Å². The van der Waals surface area contributed by atoms with Gasteiger partial charge >= 0.3 is 0 Å². The van der Waals surface area contributed by atoms with Crippen molar-refractivity contribution in [2.45, 2.75) is 13.5 Å². The lowest BCUT2D eigenvalue weighted by atomic mass is 10.1. The molecule has 1 amide bonds. The van der Waals surface area contributed by atoms with Crippen LogP contribution in [0, 0.1) is 0 Å². The van der Waals surface area contributed by atoms with Crippen molar-refractivity contribution >= 4 is 33.0 Å². The Morgan fingerprint density at radius 1 is 1.21 bits per heavy atom. The van der Waals surface area contributed by atoms with E-state index in [1.165, 1.54) is 16.8 Å². The van der Waals surface area contributed by atoms with Crippen molar-refractivity contribution in [3.05, 3.63) is 70.0 Å². The third-order valence-corrected chi connectivity index (χ3v) is 7.30. The molecule has 11 heteroatoms. The highest BCUT2D eigenvalue weighted by molar-refractivity contribution is 7.88. The zero-order chi connectivity index (χ0) is 23.8. The number of allylic oxidation sites excluding steroid dienone is 2. The molecule has 0 radical (unpaired) electrons. The number of aromatic nitrogens is 3. The Balaban J connectivity index is 1.64. The topological polar surface area (TPSA) is 97.0 Å². The second kappa shape index (κ2) is 9.12. The number of sulfonamides is 1. The SMILES string of the molecule is C/C=C/Cn1cc(-c2ccc(C(=O)N3CCN(S(C)(=O)=O)CC3)cc2Cl)n2cncc2c1=O. The molecular weight excluding hydrogens is 466 g/mol. The van der Waals surface area contributed by atoms with E-state index in [4.69, 9.17) is 11.6 Å². The maximum Gasteiger partial charge on any atom is 0.276 e. The third-order valence-electron chi connectivity index (χ3n) is 5.68. The molecule has 1 fully saturated rings. The van der Waals surface area contributed by atoms with E-state index in [2.05, 4.69) is 4.98 Å². The summed E-state index contributed by atoms with van der Waals surface area (Å²) in [5, 5.41) is 0.363. The first-order chi connectivity index (χ1) is 15.7. The average molecular weight is 490 g/mol. The van der Waals surface area contributed by atoms with Crippen LogP contribution in [0.3, 0.4) is 0 Å². The van der Waals surface area contributed by atoms with E-state index < -0.39 is 10.0 Å². The van der Waals surface area contributed by atoms with E-state index in [-0.39, 0.29) is 24.6 Å². The van der Waals surface area contributed by atoms with Crippen LogP contribution in [0.25, 0.3) is 16.8 Å². The highest BCUT2D eigenvalue weighted by Gasteiger charge is 2.27. The number of benzene rings is 1. The molecule has 1 aromatic carbocycles. The number of hydrogen-bond donors (Lipinski definition) is 0. The molecule has 174 valence electrons. The van der Waals surface area contributed by atoms with Crippen molar-refractivity contribution in [2.24, 2.45) is 0 Å². The van der Waals surface area contributed by atoms with Crippen molar-refractivity contribution in [3.8, 4) is 11.3 Å². The Morgan fingerprint density at radius 2 is 1.94 bits per heavy atom. The fourth-order valence-electron chi connectivity index (χ4n) is 3.88. The molecule has 33 heavy (non-hydrogen) atoms. The minimum atomic E-state index is -3.27. The molecule has 4 rings (SSSR count). The first-order valence-corrected chi connectivity index (χ1v) is 12.6. The highest BCUT2D eigenvalue weighted by atomic mass is 35.5. The molecule has 0 aliphatic carbocycles. The number of piperazine rings is 1. The molecule has 0 N–H and O–H groups in total. The van der Waals surface area contributed by atoms with Crippen LogP contribution in [-0.4, -0.2) is 69.9 Å². The maximum absolute atomic E-state index is 13.0. The second-order valence-corrected chi connectivity index (χ2v) is 10.2. The Morgan fingerprint density at radius 3 is 2.58 bits per heavy atom. The molecule has 0 saturated carbocycles. The van der Waals surface area contributed by atoms with Crippen LogP contribution in [0.5, 0.6) is 0 Å². The number of carbonyl (C=O) groups excluding carboxylic acids is 1. The lowest BCUT2D eigenvalue weighted by Gasteiger charge is -2.33. The largest absolute Gasteiger partial charge is 0.336 e. The van der Waals surface area contributed by atoms with Crippen molar-refractivity contribution in [1.29, 1.82) is 0 Å². The molecule has 1 aliphatic heterocycles. The van der Waals surface area contributed by atoms with E-state index in [1.807, 2.05) is 19.1 Å². The van der Waals surface area contributed by atoms with Crippen molar-refractivity contribution in [2.75, 3.05) is 32.4 Å². The third kappa shape index (κ3) is 4.59. The fraction of sp³-hybridized carbons (Fsp3) is 0.318. The predicted molar refractivity (Wildman–Crippen MR) is 127 cm³/mol. The molecule has 9 nitrogen and oxygen atoms in total. The average Bonchev–Trinajstić information content (AvgIpc) is 3.28. The van der Waals surface area contributed by atoms with Gasteiger partial charge in [0.05, 0.1) is 29.5 Å². The minimum absolute atomic E-state index is 0.162. The van der Waals surface area contributed by atoms with Gasteiger partial charge in [0, 0.05) is 50.0 Å². The van der Waals surface area contributed by atoms with E-state index in [0.717, 1.165) is 0 Å². The monoisotopic (exact) mass is 489 g/mol. The zero-order valence-corrected chi connectivity index (χ0v) is 19.9. The predicted octanol–water partition coefficient (Wildman–Crippen LogP) is 2.11. The molecule has 1 saturated heterocycles. The lowest BCUT2D eigenvalue weighted by molar-refractivity contribution is 0.0698. The summed E-state index contributed by atoms with van der Waals surface area (Å²) < 4.78 is 28.0. The first-order valence-electron chi connectivity index (χ1n) is 10.4. The Kier molecular flexibility index (Phi) is 6.42. The summed E-state index contributed by atoms with van der Waals surface area (Å²) in [6.45, 7) is 3.47. The van der Waals surface area contributed by atoms with E-state index in [0.29, 0.717) is 47.0 Å². The van der Waals surface area contributed by atoms with Crippen LogP contribution in [-0.2, 0) is 16.6 Å². The standard InChI is InChI=1S/C22H24ClN5O4S/c1-3-4-7-26-14-20(28-15-24-13-19(28)22(26)30)17-6-5-16(12-18(17)23)21(29)25-8-10-27(11-9-25)33(2,31)32/h3-6,12-15H,7-11H2,1-2H3/b4-3+. The molecule has 0 atom stereocenters. The number of amides is 1. The second-order valence-electron chi connectivity index (χ2n) is 7.84.